The van der Waals surface area contributed by atoms with E-state index < -0.39 is 0 Å². The summed E-state index contributed by atoms with van der Waals surface area (Å²) in [5.41, 5.74) is 0. The molecule has 0 aliphatic heterocycles. The van der Waals surface area contributed by atoms with E-state index >= 15 is 0 Å². The predicted octanol–water partition coefficient (Wildman–Crippen LogP) is 0.978. The van der Waals surface area contributed by atoms with Gasteiger partial charge in [-0.05, 0) is 12.5 Å². The maximum atomic E-state index is 10.9. The molecule has 0 fully saturated rings. The summed E-state index contributed by atoms with van der Waals surface area (Å²) < 4.78 is 4.88. The SMILES string of the molecule is CCNCCOC(=O)NCC(C)C. The van der Waals surface area contributed by atoms with Crippen LogP contribution in [0.4, 0.5) is 4.79 Å². The molecule has 0 aromatic rings. The first-order valence-electron chi connectivity index (χ1n) is 4.78. The molecule has 2 N–H and O–H groups in total. The van der Waals surface area contributed by atoms with E-state index in [1.165, 1.54) is 0 Å². The van der Waals surface area contributed by atoms with Crippen LogP contribution in [0, 0.1) is 5.92 Å². The molecule has 0 aliphatic carbocycles. The molecule has 13 heavy (non-hydrogen) atoms. The van der Waals surface area contributed by atoms with Gasteiger partial charge in [0.25, 0.3) is 0 Å². The topological polar surface area (TPSA) is 50.4 Å². The zero-order valence-electron chi connectivity index (χ0n) is 8.72. The zero-order chi connectivity index (χ0) is 10.1. The summed E-state index contributed by atoms with van der Waals surface area (Å²) in [4.78, 5) is 10.9. The molecule has 0 aromatic heterocycles. The second-order valence-electron chi connectivity index (χ2n) is 3.26. The Bertz CT molecular complexity index is 138. The zero-order valence-corrected chi connectivity index (χ0v) is 8.72. The molecule has 4 nitrogen and oxygen atoms in total. The molecular weight excluding hydrogens is 168 g/mol. The van der Waals surface area contributed by atoms with Crippen molar-refractivity contribution in [3.8, 4) is 0 Å². The van der Waals surface area contributed by atoms with Gasteiger partial charge >= 0.3 is 6.09 Å². The summed E-state index contributed by atoms with van der Waals surface area (Å²) in [6, 6.07) is 0. The lowest BCUT2D eigenvalue weighted by Gasteiger charge is -2.08. The summed E-state index contributed by atoms with van der Waals surface area (Å²) in [5.74, 6) is 0.460. The van der Waals surface area contributed by atoms with Crippen LogP contribution >= 0.6 is 0 Å². The molecule has 0 aliphatic rings. The first kappa shape index (κ1) is 12.2. The van der Waals surface area contributed by atoms with Crippen molar-refractivity contribution < 1.29 is 9.53 Å². The number of ether oxygens (including phenoxy) is 1. The summed E-state index contributed by atoms with van der Waals surface area (Å²) in [7, 11) is 0. The molecule has 0 rings (SSSR count). The predicted molar refractivity (Wildman–Crippen MR) is 52.7 cm³/mol. The van der Waals surface area contributed by atoms with Crippen molar-refractivity contribution in [2.45, 2.75) is 20.8 Å². The molecule has 0 saturated heterocycles. The van der Waals surface area contributed by atoms with Crippen LogP contribution < -0.4 is 10.6 Å². The van der Waals surface area contributed by atoms with Gasteiger partial charge in [0.2, 0.25) is 0 Å². The van der Waals surface area contributed by atoms with Gasteiger partial charge in [0.15, 0.2) is 0 Å². The Morgan fingerprint density at radius 2 is 2.15 bits per heavy atom. The fourth-order valence-electron chi connectivity index (χ4n) is 0.731. The number of likely N-dealkylation sites (N-methyl/N-ethyl adjacent to an activating group) is 1. The third-order valence-corrected chi connectivity index (χ3v) is 1.42. The molecule has 0 atom stereocenters. The molecule has 0 saturated carbocycles. The average Bonchev–Trinajstić information content (AvgIpc) is 2.09. The Morgan fingerprint density at radius 3 is 2.69 bits per heavy atom. The highest BCUT2D eigenvalue weighted by molar-refractivity contribution is 5.67. The van der Waals surface area contributed by atoms with Crippen molar-refractivity contribution in [2.75, 3.05) is 26.2 Å². The second kappa shape index (κ2) is 7.86. The minimum atomic E-state index is -0.327. The molecule has 4 heteroatoms. The van der Waals surface area contributed by atoms with Gasteiger partial charge in [0.05, 0.1) is 0 Å². The molecule has 0 bridgehead atoms. The highest BCUT2D eigenvalue weighted by Crippen LogP contribution is 1.87. The monoisotopic (exact) mass is 188 g/mol. The largest absolute Gasteiger partial charge is 0.448 e. The third-order valence-electron chi connectivity index (χ3n) is 1.42. The lowest BCUT2D eigenvalue weighted by atomic mass is 10.2. The second-order valence-corrected chi connectivity index (χ2v) is 3.26. The third kappa shape index (κ3) is 9.14. The molecule has 0 radical (unpaired) electrons. The maximum absolute atomic E-state index is 10.9. The van der Waals surface area contributed by atoms with E-state index in [1.54, 1.807) is 0 Å². The van der Waals surface area contributed by atoms with Gasteiger partial charge in [-0.3, -0.25) is 0 Å². The van der Waals surface area contributed by atoms with Crippen LogP contribution in [0.1, 0.15) is 20.8 Å². The van der Waals surface area contributed by atoms with Crippen LogP contribution in [-0.4, -0.2) is 32.3 Å². The van der Waals surface area contributed by atoms with Crippen molar-refractivity contribution in [2.24, 2.45) is 5.92 Å². The molecular formula is C9H20N2O2. The van der Waals surface area contributed by atoms with Gasteiger partial charge in [-0.25, -0.2) is 4.79 Å². The number of carbonyl (C=O) groups excluding carboxylic acids is 1. The van der Waals surface area contributed by atoms with Crippen LogP contribution in [-0.2, 0) is 4.74 Å². The Balaban J connectivity index is 3.20. The Morgan fingerprint density at radius 1 is 1.46 bits per heavy atom. The Kier molecular flexibility index (Phi) is 7.39. The Hall–Kier alpha value is -0.770. The van der Waals surface area contributed by atoms with Gasteiger partial charge in [0, 0.05) is 13.1 Å². The summed E-state index contributed by atoms with van der Waals surface area (Å²) in [6.45, 7) is 8.80. The van der Waals surface area contributed by atoms with E-state index in [0.717, 1.165) is 6.54 Å². The summed E-state index contributed by atoms with van der Waals surface area (Å²) >= 11 is 0. The van der Waals surface area contributed by atoms with Gasteiger partial charge in [0.1, 0.15) is 6.61 Å². The maximum Gasteiger partial charge on any atom is 0.407 e. The lowest BCUT2D eigenvalue weighted by molar-refractivity contribution is 0.146. The summed E-state index contributed by atoms with van der Waals surface area (Å²) in [6.07, 6.45) is -0.327. The van der Waals surface area contributed by atoms with Gasteiger partial charge in [-0.1, -0.05) is 20.8 Å². The van der Waals surface area contributed by atoms with E-state index in [9.17, 15) is 4.79 Å². The van der Waals surface area contributed by atoms with E-state index in [4.69, 9.17) is 4.74 Å². The number of hydrogen-bond acceptors (Lipinski definition) is 3. The number of carbonyl (C=O) groups is 1. The minimum Gasteiger partial charge on any atom is -0.448 e. The van der Waals surface area contributed by atoms with Crippen molar-refractivity contribution >= 4 is 6.09 Å². The van der Waals surface area contributed by atoms with Crippen LogP contribution in [0.5, 0.6) is 0 Å². The average molecular weight is 188 g/mol. The van der Waals surface area contributed by atoms with Crippen molar-refractivity contribution in [3.05, 3.63) is 0 Å². The van der Waals surface area contributed by atoms with Gasteiger partial charge in [-0.15, -0.1) is 0 Å². The fraction of sp³-hybridized carbons (Fsp3) is 0.889. The first-order valence-corrected chi connectivity index (χ1v) is 4.78. The molecule has 0 unspecified atom stereocenters. The number of amides is 1. The van der Waals surface area contributed by atoms with Crippen LogP contribution in [0.2, 0.25) is 0 Å². The molecule has 1 amide bonds. The van der Waals surface area contributed by atoms with E-state index in [0.29, 0.717) is 25.6 Å². The molecule has 0 heterocycles. The Labute approximate surface area is 80.0 Å². The highest BCUT2D eigenvalue weighted by atomic mass is 16.5. The standard InChI is InChI=1S/C9H20N2O2/c1-4-10-5-6-13-9(12)11-7-8(2)3/h8,10H,4-7H2,1-3H3,(H,11,12). The quantitative estimate of drug-likeness (QED) is 0.611. The van der Waals surface area contributed by atoms with E-state index in [-0.39, 0.29) is 6.09 Å². The van der Waals surface area contributed by atoms with Crippen molar-refractivity contribution in [3.63, 3.8) is 0 Å². The number of nitrogens with one attached hydrogen (secondary N) is 2. The smallest absolute Gasteiger partial charge is 0.407 e. The normalized spacial score (nSPS) is 10.2. The van der Waals surface area contributed by atoms with Crippen molar-refractivity contribution in [1.82, 2.24) is 10.6 Å². The fourth-order valence-corrected chi connectivity index (χ4v) is 0.731. The summed E-state index contributed by atoms with van der Waals surface area (Å²) in [5, 5.41) is 5.73. The number of alkyl carbamates (subject to hydrolysis) is 1. The molecule has 78 valence electrons. The van der Waals surface area contributed by atoms with Crippen molar-refractivity contribution in [1.29, 1.82) is 0 Å². The van der Waals surface area contributed by atoms with Gasteiger partial charge in [-0.2, -0.15) is 0 Å². The highest BCUT2D eigenvalue weighted by Gasteiger charge is 2.01. The van der Waals surface area contributed by atoms with E-state index in [2.05, 4.69) is 10.6 Å². The molecule has 0 spiro atoms. The van der Waals surface area contributed by atoms with Crippen LogP contribution in [0.15, 0.2) is 0 Å². The number of rotatable bonds is 6. The van der Waals surface area contributed by atoms with Gasteiger partial charge < -0.3 is 15.4 Å². The van der Waals surface area contributed by atoms with E-state index in [1.807, 2.05) is 20.8 Å². The minimum absolute atomic E-state index is 0.327. The lowest BCUT2D eigenvalue weighted by Crippen LogP contribution is -2.30. The van der Waals surface area contributed by atoms with Crippen LogP contribution in [0.3, 0.4) is 0 Å². The molecule has 0 aromatic carbocycles. The number of hydrogen-bond donors (Lipinski definition) is 2. The first-order chi connectivity index (χ1) is 6.16. The van der Waals surface area contributed by atoms with Crippen LogP contribution in [0.25, 0.3) is 0 Å².